The van der Waals surface area contributed by atoms with Crippen LogP contribution in [0.25, 0.3) is 28.2 Å². The number of nitrogens with zero attached hydrogens (tertiary/aromatic N) is 4. The summed E-state index contributed by atoms with van der Waals surface area (Å²) in [5.41, 5.74) is -0.482. The monoisotopic (exact) mass is 416 g/mol. The summed E-state index contributed by atoms with van der Waals surface area (Å²) in [5, 5.41) is 9.68. The second kappa shape index (κ2) is 6.74. The van der Waals surface area contributed by atoms with E-state index in [1.54, 1.807) is 47.0 Å². The number of benzene rings is 2. The molecular formula is C18H10Cl2N4O4. The molecule has 2 aliphatic rings. The van der Waals surface area contributed by atoms with Crippen molar-refractivity contribution >= 4 is 40.2 Å². The maximum Gasteiger partial charge on any atom is 0.353 e. The Hall–Kier alpha value is -3.23. The van der Waals surface area contributed by atoms with Crippen molar-refractivity contribution in [2.45, 2.75) is 6.54 Å². The molecule has 0 amide bonds. The number of rotatable bonds is 3. The summed E-state index contributed by atoms with van der Waals surface area (Å²) in [4.78, 5) is 44.4. The second-order valence-electron chi connectivity index (χ2n) is 5.92. The third-order valence-corrected chi connectivity index (χ3v) is 4.49. The molecule has 0 atom stereocenters. The number of aromatic nitrogens is 4. The van der Waals surface area contributed by atoms with Crippen LogP contribution < -0.4 is 11.2 Å². The third kappa shape index (κ3) is 3.02. The van der Waals surface area contributed by atoms with E-state index in [2.05, 4.69) is 9.97 Å². The molecule has 2 heterocycles. The summed E-state index contributed by atoms with van der Waals surface area (Å²) < 4.78 is 2.07. The average molecular weight is 417 g/mol. The van der Waals surface area contributed by atoms with E-state index in [1.807, 2.05) is 0 Å². The standard InChI is InChI=1S/C18H10Cl2N4O4/c19-9-5-10(20)7-11(6-9)24-13-4-2-1-3-12(13)21-15-16(24)22-18(28)23(17(15)27)8-14(25)26/h1-7H,8H2,(H,25,26). The van der Waals surface area contributed by atoms with E-state index >= 15 is 0 Å². The highest BCUT2D eigenvalue weighted by atomic mass is 35.5. The van der Waals surface area contributed by atoms with Crippen LogP contribution in [0.4, 0.5) is 0 Å². The first-order chi connectivity index (χ1) is 13.3. The molecule has 0 fully saturated rings. The normalized spacial score (nSPS) is 11.2. The molecule has 0 spiro atoms. The predicted octanol–water partition coefficient (Wildman–Crippen LogP) is 2.44. The first kappa shape index (κ1) is 18.1. The molecule has 0 saturated carbocycles. The molecule has 28 heavy (non-hydrogen) atoms. The van der Waals surface area contributed by atoms with Gasteiger partial charge in [0.1, 0.15) is 6.54 Å². The number of para-hydroxylation sites is 2. The Morgan fingerprint density at radius 1 is 1.04 bits per heavy atom. The van der Waals surface area contributed by atoms with Crippen molar-refractivity contribution < 1.29 is 9.90 Å². The highest BCUT2D eigenvalue weighted by Crippen LogP contribution is 2.28. The van der Waals surface area contributed by atoms with Crippen molar-refractivity contribution in [2.75, 3.05) is 0 Å². The number of carboxylic acids is 1. The summed E-state index contributed by atoms with van der Waals surface area (Å²) in [5.74, 6) is -1.36. The summed E-state index contributed by atoms with van der Waals surface area (Å²) in [6.07, 6.45) is 0. The van der Waals surface area contributed by atoms with Crippen LogP contribution in [0.3, 0.4) is 0 Å². The van der Waals surface area contributed by atoms with Crippen molar-refractivity contribution in [2.24, 2.45) is 0 Å². The van der Waals surface area contributed by atoms with E-state index in [1.165, 1.54) is 0 Å². The van der Waals surface area contributed by atoms with Gasteiger partial charge in [-0.15, -0.1) is 0 Å². The molecule has 1 N–H and O–H groups in total. The van der Waals surface area contributed by atoms with Gasteiger partial charge in [0.25, 0.3) is 5.56 Å². The fourth-order valence-corrected chi connectivity index (χ4v) is 3.47. The van der Waals surface area contributed by atoms with Crippen molar-refractivity contribution in [3.63, 3.8) is 0 Å². The van der Waals surface area contributed by atoms with Gasteiger partial charge in [0.2, 0.25) is 0 Å². The van der Waals surface area contributed by atoms with E-state index in [-0.39, 0.29) is 11.5 Å². The van der Waals surface area contributed by atoms with Crippen LogP contribution in [0.1, 0.15) is 0 Å². The highest BCUT2D eigenvalue weighted by Gasteiger charge is 2.23. The van der Waals surface area contributed by atoms with Crippen molar-refractivity contribution in [1.29, 1.82) is 0 Å². The molecule has 0 saturated heterocycles. The zero-order valence-electron chi connectivity index (χ0n) is 14.0. The Morgan fingerprint density at radius 2 is 1.71 bits per heavy atom. The van der Waals surface area contributed by atoms with E-state index in [4.69, 9.17) is 28.3 Å². The van der Waals surface area contributed by atoms with Gasteiger partial charge in [0.05, 0.1) is 16.7 Å². The number of carbonyl (C=O) groups is 1. The zero-order valence-corrected chi connectivity index (χ0v) is 15.5. The molecule has 2 aromatic carbocycles. The van der Waals surface area contributed by atoms with E-state index in [9.17, 15) is 14.4 Å². The Kier molecular flexibility index (Phi) is 4.37. The largest absolute Gasteiger partial charge is 0.480 e. The molecule has 10 heteroatoms. The minimum atomic E-state index is -1.34. The molecule has 8 nitrogen and oxygen atoms in total. The van der Waals surface area contributed by atoms with Gasteiger partial charge >= 0.3 is 11.7 Å². The predicted molar refractivity (Wildman–Crippen MR) is 104 cm³/mol. The van der Waals surface area contributed by atoms with E-state index in [0.717, 1.165) is 0 Å². The third-order valence-electron chi connectivity index (χ3n) is 4.06. The zero-order chi connectivity index (χ0) is 20.0. The summed E-state index contributed by atoms with van der Waals surface area (Å²) in [7, 11) is 0. The molecule has 0 bridgehead atoms. The number of hydrogen-bond acceptors (Lipinski definition) is 5. The minimum Gasteiger partial charge on any atom is -0.480 e. The topological polar surface area (TPSA) is 107 Å². The van der Waals surface area contributed by atoms with Gasteiger partial charge in [-0.25, -0.2) is 14.3 Å². The van der Waals surface area contributed by atoms with Gasteiger partial charge < -0.3 is 5.11 Å². The minimum absolute atomic E-state index is 0.0197. The Labute approximate surface area is 166 Å². The lowest BCUT2D eigenvalue weighted by Gasteiger charge is -2.18. The maximum absolute atomic E-state index is 12.8. The van der Waals surface area contributed by atoms with Crippen molar-refractivity contribution in [3.05, 3.63) is 73.3 Å². The van der Waals surface area contributed by atoms with E-state index < -0.39 is 23.8 Å². The van der Waals surface area contributed by atoms with Gasteiger partial charge in [-0.1, -0.05) is 35.3 Å². The van der Waals surface area contributed by atoms with Crippen LogP contribution in [-0.4, -0.2) is 30.2 Å². The van der Waals surface area contributed by atoms with Gasteiger partial charge in [-0.05, 0) is 30.3 Å². The first-order valence-electron chi connectivity index (χ1n) is 7.96. The van der Waals surface area contributed by atoms with Gasteiger partial charge in [0.15, 0.2) is 11.5 Å². The maximum atomic E-state index is 12.8. The molecule has 0 aromatic heterocycles. The van der Waals surface area contributed by atoms with Crippen LogP contribution in [0.5, 0.6) is 0 Å². The first-order valence-corrected chi connectivity index (χ1v) is 8.71. The van der Waals surface area contributed by atoms with Crippen LogP contribution in [0.15, 0.2) is 52.1 Å². The van der Waals surface area contributed by atoms with Crippen LogP contribution in [0, 0.1) is 0 Å². The Balaban J connectivity index is 2.19. The number of aliphatic carboxylic acids is 1. The quantitative estimate of drug-likeness (QED) is 0.513. The van der Waals surface area contributed by atoms with Crippen molar-refractivity contribution in [1.82, 2.24) is 19.1 Å². The second-order valence-corrected chi connectivity index (χ2v) is 6.79. The Morgan fingerprint density at radius 3 is 2.39 bits per heavy atom. The van der Waals surface area contributed by atoms with Gasteiger partial charge in [0, 0.05) is 10.0 Å². The molecule has 2 aliphatic heterocycles. The number of hydrogen-bond donors (Lipinski definition) is 1. The number of fused-ring (bicyclic) bond motifs is 2. The molecule has 4 rings (SSSR count). The lowest BCUT2D eigenvalue weighted by molar-refractivity contribution is -0.137. The van der Waals surface area contributed by atoms with E-state index in [0.29, 0.717) is 31.3 Å². The molecule has 2 aromatic rings. The van der Waals surface area contributed by atoms with Crippen molar-refractivity contribution in [3.8, 4) is 17.2 Å². The summed E-state index contributed by atoms with van der Waals surface area (Å²) in [6, 6.07) is 11.7. The van der Waals surface area contributed by atoms with Crippen LogP contribution >= 0.6 is 23.2 Å². The highest BCUT2D eigenvalue weighted by molar-refractivity contribution is 6.34. The van der Waals surface area contributed by atoms with Gasteiger partial charge in [-0.2, -0.15) is 4.98 Å². The molecule has 0 aliphatic carbocycles. The number of halogens is 2. The van der Waals surface area contributed by atoms with Crippen LogP contribution in [0.2, 0.25) is 10.0 Å². The average Bonchev–Trinajstić information content (AvgIpc) is 2.63. The van der Waals surface area contributed by atoms with Crippen LogP contribution in [-0.2, 0) is 11.3 Å². The summed E-state index contributed by atoms with van der Waals surface area (Å²) >= 11 is 12.2. The lowest BCUT2D eigenvalue weighted by atomic mass is 10.2. The lowest BCUT2D eigenvalue weighted by Crippen LogP contribution is -2.40. The summed E-state index contributed by atoms with van der Waals surface area (Å²) in [6.45, 7) is -0.807. The molecule has 0 radical (unpaired) electrons. The fraction of sp³-hybridized carbons (Fsp3) is 0.0556. The fourth-order valence-electron chi connectivity index (χ4n) is 2.95. The SMILES string of the molecule is O=C(O)Cn1c(=O)nc2n(-c3cc(Cl)cc(Cl)c3)c3ccccc3nc-2c1=O. The van der Waals surface area contributed by atoms with Gasteiger partial charge in [-0.3, -0.25) is 14.2 Å². The molecular weight excluding hydrogens is 407 g/mol. The smallest absolute Gasteiger partial charge is 0.353 e. The molecule has 0 unspecified atom stereocenters. The Bertz CT molecular complexity index is 1330. The molecule has 140 valence electrons. The number of carboxylic acid groups (broad SMARTS) is 1.